The lowest BCUT2D eigenvalue weighted by atomic mass is 9.90. The quantitative estimate of drug-likeness (QED) is 0.199. The zero-order chi connectivity index (χ0) is 25.5. The second kappa shape index (κ2) is 11.9. The molecule has 0 radical (unpaired) electrons. The minimum atomic E-state index is -0.174. The van der Waals surface area contributed by atoms with Crippen molar-refractivity contribution in [3.63, 3.8) is 0 Å². The first-order valence-corrected chi connectivity index (χ1v) is 13.4. The van der Waals surface area contributed by atoms with Crippen molar-refractivity contribution >= 4 is 23.5 Å². The van der Waals surface area contributed by atoms with Gasteiger partial charge < -0.3 is 9.47 Å². The van der Waals surface area contributed by atoms with Crippen molar-refractivity contribution < 1.29 is 14.3 Å². The number of carbonyl (C=O) groups is 1. The van der Waals surface area contributed by atoms with Crippen LogP contribution in [-0.4, -0.2) is 12.1 Å². The van der Waals surface area contributed by atoms with Crippen LogP contribution in [0.2, 0.25) is 0 Å². The maximum absolute atomic E-state index is 12.7. The summed E-state index contributed by atoms with van der Waals surface area (Å²) in [5.74, 6) is 1.77. The van der Waals surface area contributed by atoms with Crippen LogP contribution in [0, 0.1) is 5.92 Å². The van der Waals surface area contributed by atoms with Crippen molar-refractivity contribution in [3.8, 4) is 11.5 Å². The summed E-state index contributed by atoms with van der Waals surface area (Å²) in [4.78, 5) is 14.7. The van der Waals surface area contributed by atoms with E-state index in [9.17, 15) is 4.79 Å². The number of benzene rings is 3. The first-order chi connectivity index (χ1) is 18.1. The minimum Gasteiger partial charge on any atom is -0.485 e. The van der Waals surface area contributed by atoms with Gasteiger partial charge in [-0.2, -0.15) is 5.10 Å². The Labute approximate surface area is 221 Å². The molecule has 1 N–H and O–H groups in total. The monoisotopic (exact) mass is 510 g/mol. The summed E-state index contributed by atoms with van der Waals surface area (Å²) in [7, 11) is 0. The Hall–Kier alpha value is -3.90. The molecule has 1 aliphatic rings. The number of fused-ring (bicyclic) bond motifs is 1. The third-order valence-electron chi connectivity index (χ3n) is 6.37. The van der Waals surface area contributed by atoms with E-state index in [1.807, 2.05) is 84.9 Å². The van der Waals surface area contributed by atoms with Gasteiger partial charge in [0.25, 0.3) is 5.91 Å². The van der Waals surface area contributed by atoms with Crippen LogP contribution < -0.4 is 14.9 Å². The summed E-state index contributed by atoms with van der Waals surface area (Å²) in [6.45, 7) is 3.12. The summed E-state index contributed by atoms with van der Waals surface area (Å²) in [5.41, 5.74) is 6.93. The van der Waals surface area contributed by atoms with E-state index in [2.05, 4.69) is 17.5 Å². The van der Waals surface area contributed by atoms with Crippen LogP contribution in [0.25, 0.3) is 0 Å². The molecule has 0 unspecified atom stereocenters. The molecule has 3 aromatic carbocycles. The lowest BCUT2D eigenvalue weighted by Gasteiger charge is -2.16. The Morgan fingerprint density at radius 2 is 1.62 bits per heavy atom. The molecular formula is C31H30N2O3S. The molecule has 1 aromatic heterocycles. The maximum Gasteiger partial charge on any atom is 0.281 e. The fourth-order valence-electron chi connectivity index (χ4n) is 4.35. The van der Waals surface area contributed by atoms with E-state index < -0.39 is 0 Å². The van der Waals surface area contributed by atoms with Gasteiger partial charge in [-0.05, 0) is 71.7 Å². The molecule has 0 fully saturated rings. The van der Waals surface area contributed by atoms with E-state index in [1.54, 1.807) is 17.6 Å². The highest BCUT2D eigenvalue weighted by Gasteiger charge is 2.20. The van der Waals surface area contributed by atoms with Crippen molar-refractivity contribution in [1.29, 1.82) is 0 Å². The second-order valence-corrected chi connectivity index (χ2v) is 10.5. The standard InChI is InChI=1S/C31H30N2O3S/c1-22-12-15-29-26(16-22)18-30(37-29)31(34)33-32-19-25-13-14-27(35-20-23-8-4-2-5-9-23)28(17-25)36-21-24-10-6-3-7-11-24/h2-11,13-14,17-19,22H,12,15-16,20-21H2,1H3,(H,33,34)/b32-19-/t22-/m1/s1. The molecule has 1 heterocycles. The predicted molar refractivity (Wildman–Crippen MR) is 149 cm³/mol. The summed E-state index contributed by atoms with van der Waals surface area (Å²) in [6, 6.07) is 27.7. The molecule has 1 amide bonds. The smallest absolute Gasteiger partial charge is 0.281 e. The molecule has 4 aromatic rings. The topological polar surface area (TPSA) is 59.9 Å². The van der Waals surface area contributed by atoms with E-state index in [0.29, 0.717) is 35.5 Å². The highest BCUT2D eigenvalue weighted by molar-refractivity contribution is 7.14. The average molecular weight is 511 g/mol. The first-order valence-electron chi connectivity index (χ1n) is 12.6. The lowest BCUT2D eigenvalue weighted by Crippen LogP contribution is -2.16. The van der Waals surface area contributed by atoms with E-state index in [-0.39, 0.29) is 5.91 Å². The number of nitrogens with one attached hydrogen (secondary N) is 1. The molecule has 188 valence electrons. The normalized spacial score (nSPS) is 14.8. The number of amides is 1. The Morgan fingerprint density at radius 3 is 2.32 bits per heavy atom. The van der Waals surface area contributed by atoms with Gasteiger partial charge in [0, 0.05) is 4.88 Å². The molecule has 0 aliphatic heterocycles. The van der Waals surface area contributed by atoms with Gasteiger partial charge in [0.1, 0.15) is 13.2 Å². The zero-order valence-corrected chi connectivity index (χ0v) is 21.7. The zero-order valence-electron chi connectivity index (χ0n) is 20.9. The number of ether oxygens (including phenoxy) is 2. The number of hydrazone groups is 1. The third kappa shape index (κ3) is 6.66. The van der Waals surface area contributed by atoms with Gasteiger partial charge in [-0.15, -0.1) is 11.3 Å². The largest absolute Gasteiger partial charge is 0.485 e. The Balaban J connectivity index is 1.27. The van der Waals surface area contributed by atoms with E-state index >= 15 is 0 Å². The van der Waals surface area contributed by atoms with Gasteiger partial charge in [0.2, 0.25) is 0 Å². The summed E-state index contributed by atoms with van der Waals surface area (Å²) < 4.78 is 12.2. The van der Waals surface area contributed by atoms with Crippen molar-refractivity contribution in [3.05, 3.63) is 117 Å². The van der Waals surface area contributed by atoms with Crippen molar-refractivity contribution in [2.45, 2.75) is 39.4 Å². The molecule has 0 bridgehead atoms. The van der Waals surface area contributed by atoms with Crippen molar-refractivity contribution in [2.24, 2.45) is 11.0 Å². The van der Waals surface area contributed by atoms with Gasteiger partial charge >= 0.3 is 0 Å². The molecule has 0 saturated heterocycles. The average Bonchev–Trinajstić information content (AvgIpc) is 3.36. The van der Waals surface area contributed by atoms with Gasteiger partial charge in [-0.25, -0.2) is 5.43 Å². The van der Waals surface area contributed by atoms with E-state index in [0.717, 1.165) is 29.5 Å². The Morgan fingerprint density at radius 1 is 0.946 bits per heavy atom. The van der Waals surface area contributed by atoms with Crippen LogP contribution in [0.15, 0.2) is 90.0 Å². The summed E-state index contributed by atoms with van der Waals surface area (Å²) >= 11 is 1.58. The van der Waals surface area contributed by atoms with Crippen molar-refractivity contribution in [1.82, 2.24) is 5.43 Å². The van der Waals surface area contributed by atoms with Gasteiger partial charge in [0.15, 0.2) is 11.5 Å². The van der Waals surface area contributed by atoms with Crippen molar-refractivity contribution in [2.75, 3.05) is 0 Å². The molecule has 1 aliphatic carbocycles. The van der Waals surface area contributed by atoms with Gasteiger partial charge in [-0.1, -0.05) is 67.6 Å². The Kier molecular flexibility index (Phi) is 7.96. The fraction of sp³-hybridized carbons (Fsp3) is 0.226. The van der Waals surface area contributed by atoms with Crippen LogP contribution in [0.1, 0.15) is 50.1 Å². The highest BCUT2D eigenvalue weighted by atomic mass is 32.1. The molecule has 6 heteroatoms. The molecular weight excluding hydrogens is 480 g/mol. The van der Waals surface area contributed by atoms with Crippen LogP contribution in [0.3, 0.4) is 0 Å². The number of aryl methyl sites for hydroxylation is 1. The second-order valence-electron chi connectivity index (χ2n) is 9.36. The summed E-state index contributed by atoms with van der Waals surface area (Å²) in [5, 5.41) is 4.21. The van der Waals surface area contributed by atoms with Gasteiger partial charge in [-0.3, -0.25) is 4.79 Å². The van der Waals surface area contributed by atoms with E-state index in [1.165, 1.54) is 16.9 Å². The van der Waals surface area contributed by atoms with E-state index in [4.69, 9.17) is 9.47 Å². The lowest BCUT2D eigenvalue weighted by molar-refractivity contribution is 0.0959. The molecule has 0 spiro atoms. The molecule has 0 saturated carbocycles. The van der Waals surface area contributed by atoms with Crippen LogP contribution in [0.4, 0.5) is 0 Å². The molecule has 5 nitrogen and oxygen atoms in total. The molecule has 37 heavy (non-hydrogen) atoms. The van der Waals surface area contributed by atoms with Gasteiger partial charge in [0.05, 0.1) is 11.1 Å². The third-order valence-corrected chi connectivity index (χ3v) is 7.61. The minimum absolute atomic E-state index is 0.174. The molecule has 1 atom stereocenters. The number of nitrogens with zero attached hydrogens (tertiary/aromatic N) is 1. The highest BCUT2D eigenvalue weighted by Crippen LogP contribution is 2.32. The number of hydrogen-bond acceptors (Lipinski definition) is 5. The first kappa shape index (κ1) is 24.8. The number of carbonyl (C=O) groups excluding carboxylic acids is 1. The summed E-state index contributed by atoms with van der Waals surface area (Å²) in [6.07, 6.45) is 4.92. The van der Waals surface area contributed by atoms with Crippen LogP contribution in [-0.2, 0) is 26.1 Å². The Bertz CT molecular complexity index is 1370. The SMILES string of the molecule is C[C@@H]1CCc2sc(C(=O)N/N=C\c3ccc(OCc4ccccc4)c(OCc4ccccc4)c3)cc2C1. The van der Waals surface area contributed by atoms with Crippen LogP contribution in [0.5, 0.6) is 11.5 Å². The van der Waals surface area contributed by atoms with Crippen LogP contribution >= 0.6 is 11.3 Å². The number of thiophene rings is 1. The molecule has 5 rings (SSSR count). The number of rotatable bonds is 9. The fourth-order valence-corrected chi connectivity index (χ4v) is 5.44. The number of hydrogen-bond donors (Lipinski definition) is 1. The maximum atomic E-state index is 12.7. The predicted octanol–water partition coefficient (Wildman–Crippen LogP) is 6.79.